The minimum Gasteiger partial charge on any atom is -0.333 e. The Hall–Kier alpha value is -1.89. The van der Waals surface area contributed by atoms with Crippen LogP contribution in [0.1, 0.15) is 52.7 Å². The van der Waals surface area contributed by atoms with Gasteiger partial charge >= 0.3 is 0 Å². The molecule has 3 amide bonds. The second kappa shape index (κ2) is 7.34. The fraction of sp³-hybridized carbons (Fsp3) is 0.588. The molecule has 2 aliphatic rings. The summed E-state index contributed by atoms with van der Waals surface area (Å²) < 4.78 is 0. The molecular formula is C17H23N3O3S. The first-order valence-corrected chi connectivity index (χ1v) is 9.33. The lowest BCUT2D eigenvalue weighted by atomic mass is 9.90. The Balaban J connectivity index is 1.50. The summed E-state index contributed by atoms with van der Waals surface area (Å²) in [5.41, 5.74) is 6.13. The van der Waals surface area contributed by atoms with Crippen molar-refractivity contribution in [2.75, 3.05) is 13.1 Å². The van der Waals surface area contributed by atoms with Gasteiger partial charge in [-0.3, -0.25) is 25.2 Å². The molecule has 1 aromatic rings. The normalized spacial score (nSPS) is 20.5. The molecule has 1 aromatic heterocycles. The number of carbonyl (C=O) groups excluding carboxylic acids is 3. The minimum atomic E-state index is -0.367. The van der Waals surface area contributed by atoms with Crippen molar-refractivity contribution < 1.29 is 14.4 Å². The Morgan fingerprint density at radius 2 is 2.12 bits per heavy atom. The molecule has 0 radical (unpaired) electrons. The van der Waals surface area contributed by atoms with E-state index in [2.05, 4.69) is 17.8 Å². The molecule has 1 atom stereocenters. The minimum absolute atomic E-state index is 0.00241. The van der Waals surface area contributed by atoms with Gasteiger partial charge in [0.05, 0.1) is 4.88 Å². The van der Waals surface area contributed by atoms with E-state index >= 15 is 0 Å². The number of aryl methyl sites for hydroxylation is 1. The zero-order valence-electron chi connectivity index (χ0n) is 13.9. The summed E-state index contributed by atoms with van der Waals surface area (Å²) in [5, 5.41) is 0. The zero-order chi connectivity index (χ0) is 17.1. The van der Waals surface area contributed by atoms with E-state index in [1.165, 1.54) is 26.7 Å². The Morgan fingerprint density at radius 3 is 2.92 bits per heavy atom. The van der Waals surface area contributed by atoms with Gasteiger partial charge in [-0.25, -0.2) is 0 Å². The van der Waals surface area contributed by atoms with E-state index in [9.17, 15) is 14.4 Å². The number of fused-ring (bicyclic) bond motifs is 1. The predicted molar refractivity (Wildman–Crippen MR) is 91.5 cm³/mol. The van der Waals surface area contributed by atoms with E-state index in [4.69, 9.17) is 0 Å². The van der Waals surface area contributed by atoms with Crippen molar-refractivity contribution in [2.45, 2.75) is 45.4 Å². The fourth-order valence-corrected chi connectivity index (χ4v) is 4.35. The van der Waals surface area contributed by atoms with E-state index in [0.29, 0.717) is 23.8 Å². The number of hydrogen-bond acceptors (Lipinski definition) is 4. The highest BCUT2D eigenvalue weighted by atomic mass is 32.1. The molecule has 7 heteroatoms. The Morgan fingerprint density at radius 1 is 1.29 bits per heavy atom. The fourth-order valence-electron chi connectivity index (χ4n) is 3.25. The van der Waals surface area contributed by atoms with Crippen LogP contribution in [0.5, 0.6) is 0 Å². The van der Waals surface area contributed by atoms with Gasteiger partial charge in [0.1, 0.15) is 6.54 Å². The van der Waals surface area contributed by atoms with E-state index in [0.717, 1.165) is 32.1 Å². The quantitative estimate of drug-likeness (QED) is 0.815. The van der Waals surface area contributed by atoms with Crippen molar-refractivity contribution in [2.24, 2.45) is 5.92 Å². The van der Waals surface area contributed by atoms with Crippen molar-refractivity contribution in [3.05, 3.63) is 21.4 Å². The molecule has 130 valence electrons. The van der Waals surface area contributed by atoms with E-state index in [-0.39, 0.29) is 24.3 Å². The number of hydrazine groups is 1. The average molecular weight is 349 g/mol. The van der Waals surface area contributed by atoms with Gasteiger partial charge in [-0.1, -0.05) is 6.92 Å². The molecule has 2 heterocycles. The molecule has 1 saturated heterocycles. The second-order valence-corrected chi connectivity index (χ2v) is 7.82. The number of hydrogen-bond donors (Lipinski definition) is 2. The highest BCUT2D eigenvalue weighted by Gasteiger charge is 2.22. The molecule has 3 rings (SSSR count). The topological polar surface area (TPSA) is 78.5 Å². The number of thiophene rings is 1. The first kappa shape index (κ1) is 17.0. The first-order chi connectivity index (χ1) is 11.5. The standard InChI is InChI=1S/C17H23N3O3S/c1-11-5-6-13-12(8-11)9-14(24-13)17(23)19-18-15(21)10-20-7-3-2-4-16(20)22/h9,11H,2-8,10H2,1H3,(H,18,21)(H,19,23). The number of piperidine rings is 1. The number of carbonyl (C=O) groups is 3. The predicted octanol–water partition coefficient (Wildman–Crippen LogP) is 1.65. The third-order valence-electron chi connectivity index (χ3n) is 4.62. The summed E-state index contributed by atoms with van der Waals surface area (Å²) in [4.78, 5) is 39.3. The van der Waals surface area contributed by atoms with Gasteiger partial charge in [-0.2, -0.15) is 0 Å². The van der Waals surface area contributed by atoms with Gasteiger partial charge in [0, 0.05) is 17.8 Å². The van der Waals surface area contributed by atoms with Crippen LogP contribution in [-0.4, -0.2) is 35.7 Å². The molecule has 1 unspecified atom stereocenters. The van der Waals surface area contributed by atoms with Crippen LogP contribution in [0.2, 0.25) is 0 Å². The van der Waals surface area contributed by atoms with Crippen molar-refractivity contribution >= 4 is 29.1 Å². The van der Waals surface area contributed by atoms with Crippen LogP contribution in [0.3, 0.4) is 0 Å². The molecule has 24 heavy (non-hydrogen) atoms. The SMILES string of the molecule is CC1CCc2sc(C(=O)NNC(=O)CN3CCCCC3=O)cc2C1. The monoisotopic (exact) mass is 349 g/mol. The number of likely N-dealkylation sites (tertiary alicyclic amines) is 1. The van der Waals surface area contributed by atoms with Crippen molar-refractivity contribution in [1.29, 1.82) is 0 Å². The number of nitrogens with one attached hydrogen (secondary N) is 2. The van der Waals surface area contributed by atoms with Gasteiger partial charge in [-0.15, -0.1) is 11.3 Å². The summed E-state index contributed by atoms with van der Waals surface area (Å²) in [7, 11) is 0. The second-order valence-electron chi connectivity index (χ2n) is 6.68. The van der Waals surface area contributed by atoms with Crippen LogP contribution >= 0.6 is 11.3 Å². The van der Waals surface area contributed by atoms with Crippen LogP contribution in [-0.2, 0) is 22.4 Å². The lowest BCUT2D eigenvalue weighted by molar-refractivity contribution is -0.138. The van der Waals surface area contributed by atoms with E-state index in [1.54, 1.807) is 0 Å². The molecule has 1 fully saturated rings. The number of amides is 3. The third kappa shape index (κ3) is 3.95. The molecule has 1 aliphatic carbocycles. The number of nitrogens with zero attached hydrogens (tertiary/aromatic N) is 1. The van der Waals surface area contributed by atoms with Crippen LogP contribution in [0.15, 0.2) is 6.07 Å². The lowest BCUT2D eigenvalue weighted by Gasteiger charge is -2.25. The molecule has 0 bridgehead atoms. The molecule has 6 nitrogen and oxygen atoms in total. The van der Waals surface area contributed by atoms with Gasteiger partial charge in [0.15, 0.2) is 0 Å². The Bertz CT molecular complexity index is 656. The molecular weight excluding hydrogens is 326 g/mol. The van der Waals surface area contributed by atoms with Gasteiger partial charge in [0.2, 0.25) is 5.91 Å². The lowest BCUT2D eigenvalue weighted by Crippen LogP contribution is -2.48. The van der Waals surface area contributed by atoms with Crippen molar-refractivity contribution in [3.8, 4) is 0 Å². The maximum absolute atomic E-state index is 12.2. The maximum Gasteiger partial charge on any atom is 0.279 e. The summed E-state index contributed by atoms with van der Waals surface area (Å²) in [6.45, 7) is 2.83. The molecule has 0 spiro atoms. The summed E-state index contributed by atoms with van der Waals surface area (Å²) in [6.07, 6.45) is 5.51. The zero-order valence-corrected chi connectivity index (χ0v) is 14.7. The highest BCUT2D eigenvalue weighted by molar-refractivity contribution is 7.14. The van der Waals surface area contributed by atoms with Crippen LogP contribution in [0, 0.1) is 5.92 Å². The maximum atomic E-state index is 12.2. The van der Waals surface area contributed by atoms with Gasteiger partial charge in [0.25, 0.3) is 11.8 Å². The summed E-state index contributed by atoms with van der Waals surface area (Å²) >= 11 is 1.51. The molecule has 0 saturated carbocycles. The average Bonchev–Trinajstić information content (AvgIpc) is 2.98. The summed E-state index contributed by atoms with van der Waals surface area (Å²) in [5.74, 6) is 0.00138. The van der Waals surface area contributed by atoms with Crippen molar-refractivity contribution in [1.82, 2.24) is 15.8 Å². The van der Waals surface area contributed by atoms with Gasteiger partial charge in [-0.05, 0) is 49.7 Å². The molecule has 0 aromatic carbocycles. The van der Waals surface area contributed by atoms with Crippen LogP contribution in [0.4, 0.5) is 0 Å². The third-order valence-corrected chi connectivity index (χ3v) is 5.86. The largest absolute Gasteiger partial charge is 0.333 e. The molecule has 1 aliphatic heterocycles. The van der Waals surface area contributed by atoms with Crippen LogP contribution < -0.4 is 10.9 Å². The molecule has 2 N–H and O–H groups in total. The smallest absolute Gasteiger partial charge is 0.279 e. The summed E-state index contributed by atoms with van der Waals surface area (Å²) in [6, 6.07) is 1.94. The first-order valence-electron chi connectivity index (χ1n) is 8.51. The van der Waals surface area contributed by atoms with E-state index in [1.807, 2.05) is 6.07 Å². The Labute approximate surface area is 145 Å². The Kier molecular flexibility index (Phi) is 5.18. The van der Waals surface area contributed by atoms with E-state index < -0.39 is 0 Å². The number of rotatable bonds is 3. The highest BCUT2D eigenvalue weighted by Crippen LogP contribution is 2.32. The van der Waals surface area contributed by atoms with Crippen molar-refractivity contribution in [3.63, 3.8) is 0 Å². The van der Waals surface area contributed by atoms with Gasteiger partial charge < -0.3 is 4.90 Å². The van der Waals surface area contributed by atoms with Crippen LogP contribution in [0.25, 0.3) is 0 Å².